The molecule has 30 heavy (non-hydrogen) atoms. The van der Waals surface area contributed by atoms with E-state index in [1.165, 1.54) is 12.1 Å². The van der Waals surface area contributed by atoms with Crippen molar-refractivity contribution in [3.8, 4) is 11.5 Å². The predicted octanol–water partition coefficient (Wildman–Crippen LogP) is 5.58. The molecule has 0 radical (unpaired) electrons. The molecule has 0 fully saturated rings. The van der Waals surface area contributed by atoms with Crippen molar-refractivity contribution in [3.05, 3.63) is 87.0 Å². The van der Waals surface area contributed by atoms with Gasteiger partial charge in [-0.25, -0.2) is 4.98 Å². The van der Waals surface area contributed by atoms with E-state index in [9.17, 15) is 14.9 Å². The normalized spacial score (nSPS) is 10.9. The van der Waals surface area contributed by atoms with Crippen LogP contribution in [0.15, 0.2) is 59.0 Å². The fraction of sp³-hybridized carbons (Fsp3) is 0.130. The van der Waals surface area contributed by atoms with E-state index < -0.39 is 10.8 Å². The first-order valence-electron chi connectivity index (χ1n) is 9.37. The first kappa shape index (κ1) is 19.3. The minimum atomic E-state index is -0.497. The number of rotatable bonds is 4. The molecule has 0 aliphatic rings. The largest absolute Gasteiger partial charge is 0.436 e. The van der Waals surface area contributed by atoms with Crippen molar-refractivity contribution < 1.29 is 14.1 Å². The highest BCUT2D eigenvalue weighted by Gasteiger charge is 2.18. The lowest BCUT2D eigenvalue weighted by Crippen LogP contribution is -2.14. The number of benzene rings is 3. The molecule has 4 rings (SSSR count). The van der Waals surface area contributed by atoms with Crippen molar-refractivity contribution in [1.29, 1.82) is 0 Å². The smallest absolute Gasteiger partial charge is 0.273 e. The summed E-state index contributed by atoms with van der Waals surface area (Å²) in [5, 5.41) is 13.9. The molecular weight excluding hydrogens is 382 g/mol. The van der Waals surface area contributed by atoms with Gasteiger partial charge in [-0.3, -0.25) is 14.9 Å². The van der Waals surface area contributed by atoms with Gasteiger partial charge in [-0.2, -0.15) is 0 Å². The number of aromatic nitrogens is 1. The first-order chi connectivity index (χ1) is 14.3. The molecule has 0 saturated heterocycles. The lowest BCUT2D eigenvalue weighted by molar-refractivity contribution is -0.385. The Morgan fingerprint density at radius 1 is 1.03 bits per heavy atom. The molecule has 1 N–H and O–H groups in total. The number of fused-ring (bicyclic) bond motifs is 1. The maximum absolute atomic E-state index is 12.7. The summed E-state index contributed by atoms with van der Waals surface area (Å²) in [6.45, 7) is 5.60. The Labute approximate surface area is 172 Å². The summed E-state index contributed by atoms with van der Waals surface area (Å²) < 4.78 is 5.90. The van der Waals surface area contributed by atoms with Gasteiger partial charge in [-0.1, -0.05) is 12.1 Å². The molecule has 7 heteroatoms. The van der Waals surface area contributed by atoms with Gasteiger partial charge >= 0.3 is 0 Å². The van der Waals surface area contributed by atoms with Crippen molar-refractivity contribution in [3.63, 3.8) is 0 Å². The third-order valence-electron chi connectivity index (χ3n) is 5.12. The lowest BCUT2D eigenvalue weighted by atomic mass is 10.1. The summed E-state index contributed by atoms with van der Waals surface area (Å²) in [6, 6.07) is 15.5. The fourth-order valence-electron chi connectivity index (χ4n) is 3.30. The number of hydrogen-bond donors (Lipinski definition) is 1. The lowest BCUT2D eigenvalue weighted by Gasteiger charge is -2.08. The number of nitrogens with one attached hydrogen (secondary N) is 1. The van der Waals surface area contributed by atoms with E-state index in [0.29, 0.717) is 22.7 Å². The van der Waals surface area contributed by atoms with Crippen LogP contribution in [-0.4, -0.2) is 15.8 Å². The predicted molar refractivity (Wildman–Crippen MR) is 115 cm³/mol. The van der Waals surface area contributed by atoms with Gasteiger partial charge in [0.05, 0.1) is 4.92 Å². The van der Waals surface area contributed by atoms with Crippen LogP contribution in [0.1, 0.15) is 27.0 Å². The van der Waals surface area contributed by atoms with Gasteiger partial charge in [0.15, 0.2) is 5.58 Å². The summed E-state index contributed by atoms with van der Waals surface area (Å²) in [7, 11) is 0. The zero-order valence-electron chi connectivity index (χ0n) is 16.7. The number of carbonyl (C=O) groups is 1. The molecule has 1 aromatic heterocycles. The fourth-order valence-corrected chi connectivity index (χ4v) is 3.30. The maximum atomic E-state index is 12.7. The topological polar surface area (TPSA) is 98.3 Å². The van der Waals surface area contributed by atoms with Crippen LogP contribution < -0.4 is 5.32 Å². The van der Waals surface area contributed by atoms with Crippen molar-refractivity contribution in [1.82, 2.24) is 4.98 Å². The van der Waals surface area contributed by atoms with Gasteiger partial charge in [-0.15, -0.1) is 0 Å². The number of hydrogen-bond acceptors (Lipinski definition) is 5. The minimum absolute atomic E-state index is 0.0894. The highest BCUT2D eigenvalue weighted by Crippen LogP contribution is 2.28. The second-order valence-corrected chi connectivity index (χ2v) is 7.16. The molecule has 1 amide bonds. The minimum Gasteiger partial charge on any atom is -0.436 e. The number of anilines is 1. The average Bonchev–Trinajstić information content (AvgIpc) is 3.11. The van der Waals surface area contributed by atoms with Crippen LogP contribution in [0.2, 0.25) is 0 Å². The molecule has 1 heterocycles. The summed E-state index contributed by atoms with van der Waals surface area (Å²) in [5.74, 6) is 0.0368. The third kappa shape index (κ3) is 3.53. The summed E-state index contributed by atoms with van der Waals surface area (Å²) in [6.07, 6.45) is 0. The molecule has 0 atom stereocenters. The maximum Gasteiger partial charge on any atom is 0.273 e. The average molecular weight is 401 g/mol. The van der Waals surface area contributed by atoms with Crippen LogP contribution in [0.25, 0.3) is 22.6 Å². The van der Waals surface area contributed by atoms with Gasteiger partial charge in [0.2, 0.25) is 5.89 Å². The van der Waals surface area contributed by atoms with E-state index in [1.807, 2.05) is 32.0 Å². The molecule has 3 aromatic carbocycles. The monoisotopic (exact) mass is 401 g/mol. The van der Waals surface area contributed by atoms with Crippen LogP contribution >= 0.6 is 0 Å². The Kier molecular flexibility index (Phi) is 4.79. The number of aryl methyl sites for hydroxylation is 2. The highest BCUT2D eigenvalue weighted by atomic mass is 16.6. The zero-order valence-corrected chi connectivity index (χ0v) is 16.7. The van der Waals surface area contributed by atoms with Gasteiger partial charge in [-0.05, 0) is 68.3 Å². The quantitative estimate of drug-likeness (QED) is 0.355. The molecule has 0 saturated carbocycles. The number of nitrogens with zero attached hydrogens (tertiary/aromatic N) is 2. The SMILES string of the molecule is Cc1cc2nc(-c3cccc(NC(=O)c4cccc([N+](=O)[O-])c4C)c3)oc2cc1C. The van der Waals surface area contributed by atoms with Crippen LogP contribution in [0.3, 0.4) is 0 Å². The van der Waals surface area contributed by atoms with E-state index in [2.05, 4.69) is 10.3 Å². The second-order valence-electron chi connectivity index (χ2n) is 7.16. The van der Waals surface area contributed by atoms with Gasteiger partial charge < -0.3 is 9.73 Å². The molecule has 150 valence electrons. The van der Waals surface area contributed by atoms with Crippen molar-refractivity contribution in [2.75, 3.05) is 5.32 Å². The van der Waals surface area contributed by atoms with Gasteiger partial charge in [0.25, 0.3) is 11.6 Å². The molecule has 7 nitrogen and oxygen atoms in total. The van der Waals surface area contributed by atoms with Crippen LogP contribution in [0.5, 0.6) is 0 Å². The number of amides is 1. The van der Waals surface area contributed by atoms with E-state index in [4.69, 9.17) is 4.42 Å². The molecule has 0 aliphatic heterocycles. The standard InChI is InChI=1S/C23H19N3O4/c1-13-10-19-21(11-14(13)2)30-23(25-19)16-6-4-7-17(12-16)24-22(27)18-8-5-9-20(15(18)3)26(28)29/h4-12H,1-3H3,(H,24,27). The number of nitro groups is 1. The molecule has 4 aromatic rings. The molecule has 0 unspecified atom stereocenters. The first-order valence-corrected chi connectivity index (χ1v) is 9.37. The van der Waals surface area contributed by atoms with Crippen LogP contribution in [0.4, 0.5) is 11.4 Å². The third-order valence-corrected chi connectivity index (χ3v) is 5.12. The van der Waals surface area contributed by atoms with Crippen LogP contribution in [-0.2, 0) is 0 Å². The van der Waals surface area contributed by atoms with Crippen molar-refractivity contribution in [2.24, 2.45) is 0 Å². The Morgan fingerprint density at radius 2 is 1.77 bits per heavy atom. The Bertz CT molecular complexity index is 1270. The number of nitro benzene ring substituents is 1. The molecule has 0 aliphatic carbocycles. The van der Waals surface area contributed by atoms with E-state index in [-0.39, 0.29) is 11.3 Å². The van der Waals surface area contributed by atoms with E-state index in [1.54, 1.807) is 31.2 Å². The van der Waals surface area contributed by atoms with E-state index in [0.717, 1.165) is 22.2 Å². The Morgan fingerprint density at radius 3 is 2.53 bits per heavy atom. The Balaban J connectivity index is 1.64. The Hall–Kier alpha value is -4.00. The second kappa shape index (κ2) is 7.44. The van der Waals surface area contributed by atoms with Crippen molar-refractivity contribution >= 4 is 28.4 Å². The van der Waals surface area contributed by atoms with Gasteiger partial charge in [0, 0.05) is 28.4 Å². The zero-order chi connectivity index (χ0) is 21.4. The highest BCUT2D eigenvalue weighted by molar-refractivity contribution is 6.06. The van der Waals surface area contributed by atoms with Gasteiger partial charge in [0.1, 0.15) is 5.52 Å². The van der Waals surface area contributed by atoms with Crippen molar-refractivity contribution in [2.45, 2.75) is 20.8 Å². The van der Waals surface area contributed by atoms with E-state index >= 15 is 0 Å². The molecular formula is C23H19N3O4. The molecule has 0 spiro atoms. The molecule has 0 bridgehead atoms. The van der Waals surface area contributed by atoms with Crippen LogP contribution in [0, 0.1) is 30.9 Å². The number of carbonyl (C=O) groups excluding carboxylic acids is 1. The number of oxazole rings is 1. The summed E-state index contributed by atoms with van der Waals surface area (Å²) in [4.78, 5) is 27.9. The summed E-state index contributed by atoms with van der Waals surface area (Å²) >= 11 is 0. The summed E-state index contributed by atoms with van der Waals surface area (Å²) in [5.41, 5.74) is 5.48.